The Labute approximate surface area is 162 Å². The van der Waals surface area contributed by atoms with E-state index < -0.39 is 0 Å². The van der Waals surface area contributed by atoms with Gasteiger partial charge in [-0.05, 0) is 38.0 Å². The molecule has 3 aliphatic rings. The van der Waals surface area contributed by atoms with Gasteiger partial charge in [-0.25, -0.2) is 0 Å². The van der Waals surface area contributed by atoms with Crippen LogP contribution in [0.15, 0.2) is 0 Å². The van der Waals surface area contributed by atoms with Crippen molar-refractivity contribution in [1.82, 2.24) is 5.32 Å². The maximum Gasteiger partial charge on any atom is 0.0915 e. The maximum absolute atomic E-state index is 3.58. The van der Waals surface area contributed by atoms with Crippen molar-refractivity contribution < 1.29 is 4.48 Å². The van der Waals surface area contributed by atoms with Gasteiger partial charge in [-0.3, -0.25) is 0 Å². The number of halogens is 2. The molecular formula is C20H41Cl2N2+. The Morgan fingerprint density at radius 2 is 1.58 bits per heavy atom. The molecular weight excluding hydrogens is 339 g/mol. The molecule has 1 atom stereocenters. The van der Waals surface area contributed by atoms with E-state index in [0.29, 0.717) is 0 Å². The molecule has 24 heavy (non-hydrogen) atoms. The highest BCUT2D eigenvalue weighted by molar-refractivity contribution is 5.85. The zero-order chi connectivity index (χ0) is 15.5. The van der Waals surface area contributed by atoms with Crippen molar-refractivity contribution in [1.29, 1.82) is 0 Å². The van der Waals surface area contributed by atoms with Crippen LogP contribution in [0.1, 0.15) is 78.1 Å². The third kappa shape index (κ3) is 4.81. The van der Waals surface area contributed by atoms with E-state index in [1.54, 1.807) is 12.8 Å². The molecule has 1 saturated carbocycles. The highest BCUT2D eigenvalue weighted by Gasteiger charge is 2.52. The predicted octanol–water partition coefficient (Wildman–Crippen LogP) is 5.19. The van der Waals surface area contributed by atoms with E-state index in [1.807, 2.05) is 0 Å². The summed E-state index contributed by atoms with van der Waals surface area (Å²) in [7, 11) is 0. The Bertz CT molecular complexity index is 350. The minimum Gasteiger partial charge on any atom is -0.321 e. The predicted molar refractivity (Wildman–Crippen MR) is 109 cm³/mol. The van der Waals surface area contributed by atoms with Gasteiger partial charge in [-0.2, -0.15) is 0 Å². The lowest BCUT2D eigenvalue weighted by molar-refractivity contribution is -0.944. The molecule has 1 unspecified atom stereocenters. The number of nitrogens with zero attached hydrogens (tertiary/aromatic N) is 1. The Balaban J connectivity index is 0.00000144. The molecule has 0 aromatic heterocycles. The number of quaternary nitrogens is 1. The van der Waals surface area contributed by atoms with Gasteiger partial charge in [0.25, 0.3) is 0 Å². The third-order valence-electron chi connectivity index (χ3n) is 7.35. The molecule has 2 nitrogen and oxygen atoms in total. The average molecular weight is 380 g/mol. The van der Waals surface area contributed by atoms with Crippen LogP contribution < -0.4 is 5.32 Å². The highest BCUT2D eigenvalue weighted by Crippen LogP contribution is 2.50. The van der Waals surface area contributed by atoms with Crippen molar-refractivity contribution in [3.8, 4) is 0 Å². The fraction of sp³-hybridized carbons (Fsp3) is 1.00. The van der Waals surface area contributed by atoms with E-state index in [0.717, 1.165) is 17.4 Å². The molecule has 1 N–H and O–H groups in total. The molecule has 0 radical (unpaired) electrons. The molecule has 3 rings (SSSR count). The van der Waals surface area contributed by atoms with Crippen molar-refractivity contribution in [3.05, 3.63) is 0 Å². The standard InChI is InChI=1S/C20H39N2.2ClH/c1-3-5-18-6-10-20(11-7-18)12-16-22(17-20,15-4-2)19-8-13-21-14-9-19;;/h18-19,21H,3-17H2,1-2H3;2*1H/q+1;;. The van der Waals surface area contributed by atoms with Gasteiger partial charge in [0.2, 0.25) is 0 Å². The van der Waals surface area contributed by atoms with Crippen LogP contribution in [-0.2, 0) is 0 Å². The van der Waals surface area contributed by atoms with Crippen LogP contribution in [0.4, 0.5) is 0 Å². The Kier molecular flexibility index (Phi) is 9.39. The Morgan fingerprint density at radius 1 is 0.917 bits per heavy atom. The zero-order valence-corrected chi connectivity index (χ0v) is 17.7. The van der Waals surface area contributed by atoms with Crippen LogP contribution in [0.5, 0.6) is 0 Å². The second-order valence-electron chi connectivity index (χ2n) is 8.79. The van der Waals surface area contributed by atoms with Crippen LogP contribution in [-0.4, -0.2) is 43.2 Å². The van der Waals surface area contributed by atoms with Crippen LogP contribution in [0.2, 0.25) is 0 Å². The van der Waals surface area contributed by atoms with Gasteiger partial charge in [-0.1, -0.05) is 26.7 Å². The second-order valence-corrected chi connectivity index (χ2v) is 8.79. The third-order valence-corrected chi connectivity index (χ3v) is 7.35. The molecule has 2 heterocycles. The van der Waals surface area contributed by atoms with Gasteiger partial charge in [-0.15, -0.1) is 24.8 Å². The zero-order valence-electron chi connectivity index (χ0n) is 16.0. The molecule has 3 fully saturated rings. The topological polar surface area (TPSA) is 12.0 Å². The number of likely N-dealkylation sites (tertiary alicyclic amines) is 1. The minimum atomic E-state index is 0. The van der Waals surface area contributed by atoms with Crippen LogP contribution >= 0.6 is 24.8 Å². The van der Waals surface area contributed by atoms with Gasteiger partial charge >= 0.3 is 0 Å². The molecule has 1 spiro atoms. The second kappa shape index (κ2) is 10.00. The van der Waals surface area contributed by atoms with E-state index in [1.165, 1.54) is 88.6 Å². The largest absolute Gasteiger partial charge is 0.321 e. The lowest BCUT2D eigenvalue weighted by atomic mass is 9.69. The van der Waals surface area contributed by atoms with E-state index >= 15 is 0 Å². The first-order valence-corrected chi connectivity index (χ1v) is 10.3. The summed E-state index contributed by atoms with van der Waals surface area (Å²) in [6.07, 6.45) is 14.8. The van der Waals surface area contributed by atoms with E-state index in [2.05, 4.69) is 19.2 Å². The van der Waals surface area contributed by atoms with Crippen molar-refractivity contribution in [2.24, 2.45) is 11.3 Å². The van der Waals surface area contributed by atoms with Crippen molar-refractivity contribution in [3.63, 3.8) is 0 Å². The van der Waals surface area contributed by atoms with E-state index in [9.17, 15) is 0 Å². The molecule has 0 bridgehead atoms. The summed E-state index contributed by atoms with van der Waals surface area (Å²) >= 11 is 0. The van der Waals surface area contributed by atoms with Crippen LogP contribution in [0.3, 0.4) is 0 Å². The van der Waals surface area contributed by atoms with E-state index in [-0.39, 0.29) is 24.8 Å². The quantitative estimate of drug-likeness (QED) is 0.648. The smallest absolute Gasteiger partial charge is 0.0915 e. The molecule has 0 amide bonds. The normalized spacial score (nSPS) is 37.0. The molecule has 0 aromatic rings. The van der Waals surface area contributed by atoms with Gasteiger partial charge in [0.1, 0.15) is 0 Å². The lowest BCUT2D eigenvalue weighted by Crippen LogP contribution is -2.58. The summed E-state index contributed by atoms with van der Waals surface area (Å²) in [5.41, 5.74) is 0.740. The van der Waals surface area contributed by atoms with Crippen molar-refractivity contribution in [2.75, 3.05) is 32.7 Å². The summed E-state index contributed by atoms with van der Waals surface area (Å²) < 4.78 is 1.50. The van der Waals surface area contributed by atoms with E-state index in [4.69, 9.17) is 0 Å². The summed E-state index contributed by atoms with van der Waals surface area (Å²) in [6, 6.07) is 0.967. The molecule has 4 heteroatoms. The summed E-state index contributed by atoms with van der Waals surface area (Å²) in [6.45, 7) is 11.8. The van der Waals surface area contributed by atoms with Gasteiger partial charge in [0.15, 0.2) is 0 Å². The van der Waals surface area contributed by atoms with Crippen molar-refractivity contribution in [2.45, 2.75) is 84.1 Å². The van der Waals surface area contributed by atoms with Gasteiger partial charge in [0, 0.05) is 37.8 Å². The minimum absolute atomic E-state index is 0. The average Bonchev–Trinajstić information content (AvgIpc) is 2.91. The van der Waals surface area contributed by atoms with Crippen molar-refractivity contribution >= 4 is 24.8 Å². The molecule has 144 valence electrons. The van der Waals surface area contributed by atoms with Gasteiger partial charge < -0.3 is 9.80 Å². The number of nitrogens with one attached hydrogen (secondary N) is 1. The number of rotatable bonds is 5. The monoisotopic (exact) mass is 379 g/mol. The number of hydrogen-bond donors (Lipinski definition) is 1. The summed E-state index contributed by atoms with van der Waals surface area (Å²) in [5.74, 6) is 1.06. The maximum atomic E-state index is 3.58. The Morgan fingerprint density at radius 3 is 2.17 bits per heavy atom. The molecule has 0 aromatic carbocycles. The first-order chi connectivity index (χ1) is 10.7. The molecule has 1 aliphatic carbocycles. The number of hydrogen-bond acceptors (Lipinski definition) is 1. The lowest BCUT2D eigenvalue weighted by Gasteiger charge is -2.46. The number of piperidine rings is 1. The highest BCUT2D eigenvalue weighted by atomic mass is 35.5. The summed E-state index contributed by atoms with van der Waals surface area (Å²) in [5, 5.41) is 3.58. The fourth-order valence-electron chi connectivity index (χ4n) is 6.17. The molecule has 2 aliphatic heterocycles. The van der Waals surface area contributed by atoms with Crippen LogP contribution in [0, 0.1) is 11.3 Å². The SMILES string of the molecule is CCCC1CCC2(CC1)CC[N+](CCC)(C1CCNCC1)C2.Cl.Cl. The first-order valence-electron chi connectivity index (χ1n) is 10.3. The Hall–Kier alpha value is 0.500. The van der Waals surface area contributed by atoms with Gasteiger partial charge in [0.05, 0.1) is 25.7 Å². The fourth-order valence-corrected chi connectivity index (χ4v) is 6.17. The molecule has 2 saturated heterocycles. The van der Waals surface area contributed by atoms with Crippen LogP contribution in [0.25, 0.3) is 0 Å². The summed E-state index contributed by atoms with van der Waals surface area (Å²) in [4.78, 5) is 0. The first kappa shape index (κ1) is 22.5.